The monoisotopic (exact) mass is 365 g/mol. The largest absolute Gasteiger partial charge is 0.337 e. The van der Waals surface area contributed by atoms with E-state index in [9.17, 15) is 9.59 Å². The smallest absolute Gasteiger partial charge is 0.262 e. The summed E-state index contributed by atoms with van der Waals surface area (Å²) in [5.74, 6) is -0.120. The second-order valence-electron chi connectivity index (χ2n) is 6.04. The van der Waals surface area contributed by atoms with Crippen LogP contribution in [0.15, 0.2) is 66.0 Å². The lowest BCUT2D eigenvalue weighted by Crippen LogP contribution is -2.26. The Balaban J connectivity index is 1.94. The van der Waals surface area contributed by atoms with Gasteiger partial charge in [0.15, 0.2) is 4.77 Å². The minimum atomic E-state index is -0.194. The lowest BCUT2D eigenvalue weighted by atomic mass is 10.1. The van der Waals surface area contributed by atoms with E-state index in [0.717, 1.165) is 5.56 Å². The molecular formula is C20H19N3O2S. The third-order valence-corrected chi connectivity index (χ3v) is 4.47. The van der Waals surface area contributed by atoms with Gasteiger partial charge in [0, 0.05) is 25.7 Å². The summed E-state index contributed by atoms with van der Waals surface area (Å²) < 4.78 is 1.75. The number of carbonyl (C=O) groups is 1. The zero-order valence-electron chi connectivity index (χ0n) is 14.4. The molecule has 1 aromatic heterocycles. The average molecular weight is 365 g/mol. The van der Waals surface area contributed by atoms with E-state index in [1.807, 2.05) is 30.3 Å². The highest BCUT2D eigenvalue weighted by Crippen LogP contribution is 2.14. The van der Waals surface area contributed by atoms with Gasteiger partial charge in [-0.3, -0.25) is 14.2 Å². The van der Waals surface area contributed by atoms with Gasteiger partial charge in [0.1, 0.15) is 0 Å². The number of aromatic nitrogens is 2. The summed E-state index contributed by atoms with van der Waals surface area (Å²) in [7, 11) is 1.75. The van der Waals surface area contributed by atoms with Gasteiger partial charge in [-0.25, -0.2) is 0 Å². The van der Waals surface area contributed by atoms with Crippen LogP contribution in [0.3, 0.4) is 0 Å². The molecule has 2 aromatic carbocycles. The summed E-state index contributed by atoms with van der Waals surface area (Å²) in [6, 6.07) is 14.8. The molecule has 3 rings (SSSR count). The molecule has 0 aliphatic heterocycles. The van der Waals surface area contributed by atoms with Gasteiger partial charge in [-0.2, -0.15) is 0 Å². The van der Waals surface area contributed by atoms with Crippen molar-refractivity contribution >= 4 is 29.0 Å². The molecule has 132 valence electrons. The number of hydrogen-bond acceptors (Lipinski definition) is 3. The molecule has 0 unspecified atom stereocenters. The van der Waals surface area contributed by atoms with E-state index in [-0.39, 0.29) is 11.5 Å². The summed E-state index contributed by atoms with van der Waals surface area (Å²) in [6.45, 7) is 4.49. The number of carbonyl (C=O) groups excluding carboxylic acids is 1. The van der Waals surface area contributed by atoms with Crippen LogP contribution in [0, 0.1) is 4.77 Å². The number of amides is 1. The first kappa shape index (κ1) is 17.8. The van der Waals surface area contributed by atoms with E-state index in [4.69, 9.17) is 12.2 Å². The maximum absolute atomic E-state index is 12.7. The molecule has 0 atom stereocenters. The number of fused-ring (bicyclic) bond motifs is 1. The molecular weight excluding hydrogens is 346 g/mol. The maximum Gasteiger partial charge on any atom is 0.262 e. The Bertz CT molecular complexity index is 1080. The topological polar surface area (TPSA) is 58.1 Å². The first-order valence-corrected chi connectivity index (χ1v) is 8.59. The zero-order chi connectivity index (χ0) is 18.7. The number of H-pyrrole nitrogens is 1. The second-order valence-corrected chi connectivity index (χ2v) is 6.43. The van der Waals surface area contributed by atoms with E-state index in [2.05, 4.69) is 11.6 Å². The molecule has 3 aromatic rings. The van der Waals surface area contributed by atoms with Crippen molar-refractivity contribution in [1.82, 2.24) is 14.5 Å². The summed E-state index contributed by atoms with van der Waals surface area (Å²) in [4.78, 5) is 29.9. The first-order valence-electron chi connectivity index (χ1n) is 8.18. The molecule has 0 saturated heterocycles. The van der Waals surface area contributed by atoms with Crippen molar-refractivity contribution in [3.8, 4) is 0 Å². The van der Waals surface area contributed by atoms with E-state index in [1.54, 1.807) is 36.2 Å². The van der Waals surface area contributed by atoms with Gasteiger partial charge in [-0.1, -0.05) is 36.4 Å². The van der Waals surface area contributed by atoms with Crippen molar-refractivity contribution in [3.05, 3.63) is 87.4 Å². The van der Waals surface area contributed by atoms with Gasteiger partial charge in [0.25, 0.3) is 11.5 Å². The predicted molar refractivity (Wildman–Crippen MR) is 106 cm³/mol. The third kappa shape index (κ3) is 3.50. The molecule has 0 aliphatic carbocycles. The number of nitrogens with zero attached hydrogens (tertiary/aromatic N) is 2. The van der Waals surface area contributed by atoms with Gasteiger partial charge >= 0.3 is 0 Å². The fourth-order valence-corrected chi connectivity index (χ4v) is 3.10. The van der Waals surface area contributed by atoms with Crippen LogP contribution in [0.1, 0.15) is 15.9 Å². The number of allylic oxidation sites excluding steroid dienone is 1. The van der Waals surface area contributed by atoms with Crippen LogP contribution in [0.2, 0.25) is 0 Å². The van der Waals surface area contributed by atoms with Crippen LogP contribution in [-0.2, 0) is 13.1 Å². The summed E-state index contributed by atoms with van der Waals surface area (Å²) in [6.07, 6.45) is 1.62. The molecule has 0 radical (unpaired) electrons. The minimum absolute atomic E-state index is 0.120. The fraction of sp³-hybridized carbons (Fsp3) is 0.150. The molecule has 1 N–H and O–H groups in total. The molecule has 1 amide bonds. The van der Waals surface area contributed by atoms with Crippen LogP contribution >= 0.6 is 12.2 Å². The molecule has 5 nitrogen and oxygen atoms in total. The van der Waals surface area contributed by atoms with E-state index < -0.39 is 0 Å². The standard InChI is InChI=1S/C20H19N3O2S/c1-3-11-23-19(25)16-10-9-15(12-17(16)21-20(23)26)18(24)22(2)13-14-7-5-4-6-8-14/h3-10,12H,1,11,13H2,2H3,(H,21,26). The Labute approximate surface area is 156 Å². The Morgan fingerprint density at radius 1 is 1.27 bits per heavy atom. The van der Waals surface area contributed by atoms with Crippen LogP contribution in [0.4, 0.5) is 0 Å². The van der Waals surface area contributed by atoms with Crippen LogP contribution in [-0.4, -0.2) is 27.4 Å². The van der Waals surface area contributed by atoms with Crippen molar-refractivity contribution in [2.75, 3.05) is 7.05 Å². The zero-order valence-corrected chi connectivity index (χ0v) is 15.3. The van der Waals surface area contributed by atoms with Crippen molar-refractivity contribution in [2.45, 2.75) is 13.1 Å². The highest BCUT2D eigenvalue weighted by Gasteiger charge is 2.14. The fourth-order valence-electron chi connectivity index (χ4n) is 2.83. The number of nitrogens with one attached hydrogen (secondary N) is 1. The Morgan fingerprint density at radius 3 is 2.69 bits per heavy atom. The SMILES string of the molecule is C=CCn1c(=S)[nH]c2cc(C(=O)N(C)Cc3ccccc3)ccc2c1=O. The maximum atomic E-state index is 12.7. The lowest BCUT2D eigenvalue weighted by Gasteiger charge is -2.17. The first-order chi connectivity index (χ1) is 12.5. The van der Waals surface area contributed by atoms with Crippen LogP contribution in [0.25, 0.3) is 10.9 Å². The molecule has 0 fully saturated rings. The molecule has 26 heavy (non-hydrogen) atoms. The van der Waals surface area contributed by atoms with Gasteiger partial charge in [0.2, 0.25) is 0 Å². The van der Waals surface area contributed by atoms with Gasteiger partial charge in [-0.05, 0) is 36.0 Å². The summed E-state index contributed by atoms with van der Waals surface area (Å²) >= 11 is 5.24. The van der Waals surface area contributed by atoms with Gasteiger partial charge in [-0.15, -0.1) is 6.58 Å². The number of hydrogen-bond donors (Lipinski definition) is 1. The Hall–Kier alpha value is -2.99. The quantitative estimate of drug-likeness (QED) is 0.556. The van der Waals surface area contributed by atoms with Gasteiger partial charge < -0.3 is 9.88 Å². The summed E-state index contributed by atoms with van der Waals surface area (Å²) in [5, 5.41) is 0.489. The third-order valence-electron chi connectivity index (χ3n) is 4.15. The second kappa shape index (κ2) is 7.49. The Kier molecular flexibility index (Phi) is 5.14. The van der Waals surface area contributed by atoms with Crippen LogP contribution < -0.4 is 5.56 Å². The highest BCUT2D eigenvalue weighted by molar-refractivity contribution is 7.71. The van der Waals surface area contributed by atoms with E-state index >= 15 is 0 Å². The molecule has 6 heteroatoms. The molecule has 0 aliphatic rings. The van der Waals surface area contributed by atoms with Crippen molar-refractivity contribution < 1.29 is 4.79 Å². The van der Waals surface area contributed by atoms with Crippen molar-refractivity contribution in [2.24, 2.45) is 0 Å². The lowest BCUT2D eigenvalue weighted by molar-refractivity contribution is 0.0785. The normalized spacial score (nSPS) is 10.7. The molecule has 0 spiro atoms. The predicted octanol–water partition coefficient (Wildman–Crippen LogP) is 3.52. The van der Waals surface area contributed by atoms with E-state index in [0.29, 0.717) is 34.3 Å². The highest BCUT2D eigenvalue weighted by atomic mass is 32.1. The molecule has 0 bridgehead atoms. The van der Waals surface area contributed by atoms with E-state index in [1.165, 1.54) is 4.57 Å². The molecule has 0 saturated carbocycles. The Morgan fingerprint density at radius 2 is 2.00 bits per heavy atom. The molecule has 1 heterocycles. The van der Waals surface area contributed by atoms with Crippen molar-refractivity contribution in [1.29, 1.82) is 0 Å². The number of rotatable bonds is 5. The number of benzene rings is 2. The van der Waals surface area contributed by atoms with Crippen LogP contribution in [0.5, 0.6) is 0 Å². The minimum Gasteiger partial charge on any atom is -0.337 e. The van der Waals surface area contributed by atoms with Crippen molar-refractivity contribution in [3.63, 3.8) is 0 Å². The number of aromatic amines is 1. The average Bonchev–Trinajstić information content (AvgIpc) is 2.65. The van der Waals surface area contributed by atoms with Gasteiger partial charge in [0.05, 0.1) is 10.9 Å². The summed E-state index contributed by atoms with van der Waals surface area (Å²) in [5.41, 5.74) is 1.91.